The molecule has 0 spiro atoms. The van der Waals surface area contributed by atoms with Gasteiger partial charge < -0.3 is 15.8 Å². The second-order valence-electron chi connectivity index (χ2n) is 7.79. The zero-order valence-corrected chi connectivity index (χ0v) is 16.1. The summed E-state index contributed by atoms with van der Waals surface area (Å²) in [4.78, 5) is 0. The van der Waals surface area contributed by atoms with Crippen LogP contribution in [0.2, 0.25) is 0 Å². The highest BCUT2D eigenvalue weighted by molar-refractivity contribution is 5.46. The van der Waals surface area contributed by atoms with Gasteiger partial charge in [-0.3, -0.25) is 0 Å². The number of nitrogens with two attached hydrogens (primary N) is 1. The van der Waals surface area contributed by atoms with E-state index in [0.29, 0.717) is 12.0 Å². The molecule has 1 aliphatic rings. The van der Waals surface area contributed by atoms with Crippen LogP contribution in [0.5, 0.6) is 5.75 Å². The molecule has 1 aliphatic carbocycles. The average molecular weight is 353 g/mol. The molecule has 3 heteroatoms. The predicted octanol–water partition coefficient (Wildman–Crippen LogP) is 4.94. The van der Waals surface area contributed by atoms with Crippen LogP contribution in [0.1, 0.15) is 43.7 Å². The SMILES string of the molecule is Cc1cccc(OC2CCCC(C(C)CNCc3ccccc3N)C2)c1. The van der Waals surface area contributed by atoms with Crippen molar-refractivity contribution >= 4 is 5.69 Å². The molecule has 3 atom stereocenters. The number of anilines is 1. The maximum Gasteiger partial charge on any atom is 0.119 e. The summed E-state index contributed by atoms with van der Waals surface area (Å²) in [6, 6.07) is 16.5. The smallest absolute Gasteiger partial charge is 0.119 e. The van der Waals surface area contributed by atoms with E-state index in [2.05, 4.69) is 49.5 Å². The molecule has 0 bridgehead atoms. The van der Waals surface area contributed by atoms with E-state index in [1.807, 2.05) is 18.2 Å². The summed E-state index contributed by atoms with van der Waals surface area (Å²) in [6.45, 7) is 6.34. The van der Waals surface area contributed by atoms with E-state index in [4.69, 9.17) is 10.5 Å². The predicted molar refractivity (Wildman–Crippen MR) is 109 cm³/mol. The van der Waals surface area contributed by atoms with Crippen molar-refractivity contribution in [2.75, 3.05) is 12.3 Å². The minimum absolute atomic E-state index is 0.350. The van der Waals surface area contributed by atoms with Gasteiger partial charge in [-0.2, -0.15) is 0 Å². The molecule has 26 heavy (non-hydrogen) atoms. The van der Waals surface area contributed by atoms with Crippen molar-refractivity contribution in [3.8, 4) is 5.75 Å². The molecule has 0 radical (unpaired) electrons. The van der Waals surface area contributed by atoms with Crippen LogP contribution in [0.25, 0.3) is 0 Å². The molecule has 3 nitrogen and oxygen atoms in total. The third-order valence-corrected chi connectivity index (χ3v) is 5.60. The Balaban J connectivity index is 1.46. The molecule has 0 heterocycles. The first-order valence-electron chi connectivity index (χ1n) is 9.89. The van der Waals surface area contributed by atoms with Gasteiger partial charge in [0.1, 0.15) is 5.75 Å². The number of nitrogens with one attached hydrogen (secondary N) is 1. The van der Waals surface area contributed by atoms with Crippen molar-refractivity contribution < 1.29 is 4.74 Å². The molecule has 3 N–H and O–H groups in total. The molecule has 3 rings (SSSR count). The van der Waals surface area contributed by atoms with Crippen LogP contribution in [0.4, 0.5) is 5.69 Å². The van der Waals surface area contributed by atoms with Crippen LogP contribution in [0.3, 0.4) is 0 Å². The molecule has 1 saturated carbocycles. The van der Waals surface area contributed by atoms with E-state index >= 15 is 0 Å². The third-order valence-electron chi connectivity index (χ3n) is 5.60. The van der Waals surface area contributed by atoms with E-state index in [1.54, 1.807) is 0 Å². The lowest BCUT2D eigenvalue weighted by molar-refractivity contribution is 0.102. The van der Waals surface area contributed by atoms with Gasteiger partial charge in [-0.15, -0.1) is 0 Å². The zero-order valence-electron chi connectivity index (χ0n) is 16.1. The number of benzene rings is 2. The van der Waals surface area contributed by atoms with Gasteiger partial charge >= 0.3 is 0 Å². The lowest BCUT2D eigenvalue weighted by atomic mass is 9.79. The average Bonchev–Trinajstić information content (AvgIpc) is 2.63. The number of hydrogen-bond acceptors (Lipinski definition) is 3. The normalized spacial score (nSPS) is 21.3. The van der Waals surface area contributed by atoms with Gasteiger partial charge in [0.25, 0.3) is 0 Å². The summed E-state index contributed by atoms with van der Waals surface area (Å²) in [5.41, 5.74) is 9.34. The molecule has 1 fully saturated rings. The Morgan fingerprint density at radius 1 is 1.15 bits per heavy atom. The number of hydrogen-bond donors (Lipinski definition) is 2. The maximum absolute atomic E-state index is 6.27. The Kier molecular flexibility index (Phi) is 6.56. The van der Waals surface area contributed by atoms with Gasteiger partial charge in [0.05, 0.1) is 6.10 Å². The molecule has 0 aromatic heterocycles. The van der Waals surface area contributed by atoms with Crippen LogP contribution < -0.4 is 15.8 Å². The number of rotatable bonds is 7. The van der Waals surface area contributed by atoms with Crippen LogP contribution in [0, 0.1) is 18.8 Å². The Hall–Kier alpha value is -2.00. The molecule has 140 valence electrons. The van der Waals surface area contributed by atoms with Gasteiger partial charge in [0.15, 0.2) is 0 Å². The Bertz CT molecular complexity index is 700. The molecule has 3 unspecified atom stereocenters. The van der Waals surface area contributed by atoms with Gasteiger partial charge in [-0.1, -0.05) is 37.3 Å². The van der Waals surface area contributed by atoms with E-state index in [-0.39, 0.29) is 0 Å². The quantitative estimate of drug-likeness (QED) is 0.694. The molecular weight excluding hydrogens is 320 g/mol. The topological polar surface area (TPSA) is 47.3 Å². The minimum Gasteiger partial charge on any atom is -0.490 e. The summed E-state index contributed by atoms with van der Waals surface area (Å²) in [5.74, 6) is 2.38. The zero-order chi connectivity index (χ0) is 18.4. The monoisotopic (exact) mass is 352 g/mol. The van der Waals surface area contributed by atoms with Crippen molar-refractivity contribution in [3.05, 3.63) is 59.7 Å². The molecule has 0 aliphatic heterocycles. The summed E-state index contributed by atoms with van der Waals surface area (Å²) in [7, 11) is 0. The highest BCUT2D eigenvalue weighted by atomic mass is 16.5. The number of ether oxygens (including phenoxy) is 1. The number of para-hydroxylation sites is 1. The van der Waals surface area contributed by atoms with Crippen LogP contribution in [-0.2, 0) is 6.54 Å². The first-order chi connectivity index (χ1) is 12.6. The van der Waals surface area contributed by atoms with Gasteiger partial charge in [-0.05, 0) is 80.3 Å². The Labute approximate surface area is 158 Å². The number of aryl methyl sites for hydroxylation is 1. The van der Waals surface area contributed by atoms with Crippen LogP contribution >= 0.6 is 0 Å². The van der Waals surface area contributed by atoms with E-state index in [1.165, 1.54) is 30.4 Å². The van der Waals surface area contributed by atoms with Gasteiger partial charge in [-0.25, -0.2) is 0 Å². The van der Waals surface area contributed by atoms with Gasteiger partial charge in [0.2, 0.25) is 0 Å². The summed E-state index contributed by atoms with van der Waals surface area (Å²) >= 11 is 0. The van der Waals surface area contributed by atoms with Crippen molar-refractivity contribution in [2.24, 2.45) is 11.8 Å². The second kappa shape index (κ2) is 9.09. The Morgan fingerprint density at radius 2 is 2.00 bits per heavy atom. The van der Waals surface area contributed by atoms with Crippen molar-refractivity contribution in [1.82, 2.24) is 5.32 Å². The molecule has 2 aromatic carbocycles. The lowest BCUT2D eigenvalue weighted by Crippen LogP contribution is -2.33. The molecule has 0 saturated heterocycles. The lowest BCUT2D eigenvalue weighted by Gasteiger charge is -2.33. The van der Waals surface area contributed by atoms with Crippen LogP contribution in [-0.4, -0.2) is 12.6 Å². The van der Waals surface area contributed by atoms with Crippen LogP contribution in [0.15, 0.2) is 48.5 Å². The van der Waals surface area contributed by atoms with Crippen molar-refractivity contribution in [1.29, 1.82) is 0 Å². The summed E-state index contributed by atoms with van der Waals surface area (Å²) < 4.78 is 6.27. The number of nitrogen functional groups attached to an aromatic ring is 1. The molecular formula is C23H32N2O. The second-order valence-corrected chi connectivity index (χ2v) is 7.79. The van der Waals surface area contributed by atoms with Crippen molar-refractivity contribution in [2.45, 2.75) is 52.2 Å². The highest BCUT2D eigenvalue weighted by Crippen LogP contribution is 2.32. The van der Waals surface area contributed by atoms with E-state index < -0.39 is 0 Å². The van der Waals surface area contributed by atoms with E-state index in [9.17, 15) is 0 Å². The first-order valence-corrected chi connectivity index (χ1v) is 9.89. The fourth-order valence-electron chi connectivity index (χ4n) is 3.98. The maximum atomic E-state index is 6.27. The van der Waals surface area contributed by atoms with Gasteiger partial charge in [0, 0.05) is 12.2 Å². The first kappa shape index (κ1) is 18.8. The Morgan fingerprint density at radius 3 is 2.81 bits per heavy atom. The summed E-state index contributed by atoms with van der Waals surface area (Å²) in [6.07, 6.45) is 5.25. The minimum atomic E-state index is 0.350. The molecule has 0 amide bonds. The molecule has 2 aromatic rings. The third kappa shape index (κ3) is 5.25. The summed E-state index contributed by atoms with van der Waals surface area (Å²) in [5, 5.41) is 3.59. The fourth-order valence-corrected chi connectivity index (χ4v) is 3.98. The highest BCUT2D eigenvalue weighted by Gasteiger charge is 2.27. The standard InChI is InChI=1S/C23H32N2O/c1-17-7-5-10-21(13-17)26-22-11-6-9-19(14-22)18(2)15-25-16-20-8-3-4-12-23(20)24/h3-5,7-8,10,12-13,18-19,22,25H,6,9,11,14-16,24H2,1-2H3. The fraction of sp³-hybridized carbons (Fsp3) is 0.478. The largest absolute Gasteiger partial charge is 0.490 e. The van der Waals surface area contributed by atoms with Crippen molar-refractivity contribution in [3.63, 3.8) is 0 Å². The van der Waals surface area contributed by atoms with E-state index in [0.717, 1.165) is 36.9 Å².